The number of anilines is 1. The minimum Gasteiger partial charge on any atom is -0.355 e. The first-order chi connectivity index (χ1) is 11.8. The fraction of sp³-hybridized carbons (Fsp3) is 0.267. The van der Waals surface area contributed by atoms with Gasteiger partial charge in [-0.3, -0.25) is 14.8 Å². The second kappa shape index (κ2) is 8.55. The van der Waals surface area contributed by atoms with Crippen molar-refractivity contribution in [3.63, 3.8) is 0 Å². The topological polar surface area (TPSA) is 96.5 Å². The number of rotatable bonds is 8. The Hall–Kier alpha value is -2.26. The molecular formula is C15H16N6OS2. The first kappa shape index (κ1) is 16.6. The van der Waals surface area contributed by atoms with E-state index in [1.54, 1.807) is 36.5 Å². The van der Waals surface area contributed by atoms with Crippen molar-refractivity contribution in [1.82, 2.24) is 23.7 Å². The SMILES string of the molecule is O=c1[nH]c(NCCSCc2cnsn2)ncc1Cc1cccnc1. The molecule has 0 unspecified atom stereocenters. The fourth-order valence-electron chi connectivity index (χ4n) is 2.03. The zero-order valence-corrected chi connectivity index (χ0v) is 14.4. The Morgan fingerprint density at radius 1 is 1.29 bits per heavy atom. The summed E-state index contributed by atoms with van der Waals surface area (Å²) in [6.45, 7) is 0.715. The first-order valence-corrected chi connectivity index (χ1v) is 9.25. The van der Waals surface area contributed by atoms with Crippen molar-refractivity contribution in [2.45, 2.75) is 12.2 Å². The standard InChI is InChI=1S/C15H16N6OS2/c22-14-12(6-11-2-1-3-16-7-11)8-18-15(20-14)17-4-5-23-10-13-9-19-24-21-13/h1-3,7-9H,4-6,10H2,(H2,17,18,20,22). The number of nitrogens with zero attached hydrogens (tertiary/aromatic N) is 4. The molecule has 0 saturated carbocycles. The molecule has 124 valence electrons. The summed E-state index contributed by atoms with van der Waals surface area (Å²) in [6, 6.07) is 3.79. The molecule has 0 bridgehead atoms. The maximum absolute atomic E-state index is 12.1. The fourth-order valence-corrected chi connectivity index (χ4v) is 3.28. The molecule has 9 heteroatoms. The molecule has 3 rings (SSSR count). The van der Waals surface area contributed by atoms with E-state index in [0.29, 0.717) is 24.5 Å². The number of H-pyrrole nitrogens is 1. The van der Waals surface area contributed by atoms with Crippen molar-refractivity contribution in [1.29, 1.82) is 0 Å². The molecule has 0 aromatic carbocycles. The van der Waals surface area contributed by atoms with E-state index in [-0.39, 0.29) is 5.56 Å². The van der Waals surface area contributed by atoms with Gasteiger partial charge in [0.15, 0.2) is 0 Å². The molecule has 0 aliphatic rings. The lowest BCUT2D eigenvalue weighted by atomic mass is 10.1. The molecule has 0 spiro atoms. The van der Waals surface area contributed by atoms with Crippen LogP contribution in [0.5, 0.6) is 0 Å². The number of thioether (sulfide) groups is 1. The third-order valence-corrected chi connectivity index (χ3v) is 4.69. The normalized spacial score (nSPS) is 10.7. The minimum atomic E-state index is -0.127. The van der Waals surface area contributed by atoms with Crippen molar-refractivity contribution in [3.8, 4) is 0 Å². The molecule has 0 saturated heterocycles. The third-order valence-electron chi connectivity index (χ3n) is 3.19. The molecule has 0 aliphatic heterocycles. The molecule has 3 heterocycles. The van der Waals surface area contributed by atoms with Crippen molar-refractivity contribution < 1.29 is 0 Å². The maximum Gasteiger partial charge on any atom is 0.255 e. The van der Waals surface area contributed by atoms with Crippen LogP contribution in [0.2, 0.25) is 0 Å². The highest BCUT2D eigenvalue weighted by Gasteiger charge is 2.04. The highest BCUT2D eigenvalue weighted by molar-refractivity contribution is 7.98. The highest BCUT2D eigenvalue weighted by Crippen LogP contribution is 2.10. The van der Waals surface area contributed by atoms with Gasteiger partial charge in [0, 0.05) is 48.6 Å². The van der Waals surface area contributed by atoms with Gasteiger partial charge in [-0.2, -0.15) is 20.5 Å². The Balaban J connectivity index is 1.47. The summed E-state index contributed by atoms with van der Waals surface area (Å²) in [7, 11) is 0. The molecule has 0 amide bonds. The molecule has 24 heavy (non-hydrogen) atoms. The summed E-state index contributed by atoms with van der Waals surface area (Å²) in [6.07, 6.45) is 7.38. The summed E-state index contributed by atoms with van der Waals surface area (Å²) in [4.78, 5) is 23.2. The molecule has 2 N–H and O–H groups in total. The van der Waals surface area contributed by atoms with Gasteiger partial charge in [-0.1, -0.05) is 6.07 Å². The minimum absolute atomic E-state index is 0.127. The lowest BCUT2D eigenvalue weighted by Gasteiger charge is -2.06. The monoisotopic (exact) mass is 360 g/mol. The van der Waals surface area contributed by atoms with Crippen LogP contribution in [0.15, 0.2) is 41.7 Å². The Labute approximate surface area is 147 Å². The Morgan fingerprint density at radius 3 is 3.00 bits per heavy atom. The highest BCUT2D eigenvalue weighted by atomic mass is 32.2. The maximum atomic E-state index is 12.1. The summed E-state index contributed by atoms with van der Waals surface area (Å²) in [5.41, 5.74) is 2.48. The second-order valence-corrected chi connectivity index (χ2v) is 6.66. The molecular weight excluding hydrogens is 344 g/mol. The molecule has 0 fully saturated rings. The largest absolute Gasteiger partial charge is 0.355 e. The van der Waals surface area contributed by atoms with Gasteiger partial charge in [0.2, 0.25) is 5.95 Å². The van der Waals surface area contributed by atoms with Gasteiger partial charge >= 0.3 is 0 Å². The lowest BCUT2D eigenvalue weighted by molar-refractivity contribution is 1.00. The molecule has 3 aromatic heterocycles. The van der Waals surface area contributed by atoms with Crippen molar-refractivity contribution >= 4 is 29.4 Å². The van der Waals surface area contributed by atoms with Gasteiger partial charge < -0.3 is 5.32 Å². The second-order valence-electron chi connectivity index (χ2n) is 5.00. The van der Waals surface area contributed by atoms with E-state index in [1.165, 1.54) is 11.7 Å². The molecule has 0 atom stereocenters. The number of pyridine rings is 1. The van der Waals surface area contributed by atoms with Crippen molar-refractivity contribution in [2.24, 2.45) is 0 Å². The molecule has 7 nitrogen and oxygen atoms in total. The predicted molar refractivity (Wildman–Crippen MR) is 96.5 cm³/mol. The van der Waals surface area contributed by atoms with Crippen LogP contribution in [0, 0.1) is 0 Å². The number of aromatic nitrogens is 5. The smallest absolute Gasteiger partial charge is 0.255 e. The average molecular weight is 360 g/mol. The Kier molecular flexibility index (Phi) is 5.91. The third kappa shape index (κ3) is 4.87. The summed E-state index contributed by atoms with van der Waals surface area (Å²) in [5.74, 6) is 2.22. The average Bonchev–Trinajstić information content (AvgIpc) is 3.11. The summed E-state index contributed by atoms with van der Waals surface area (Å²) in [5, 5.41) is 3.12. The van der Waals surface area contributed by atoms with Gasteiger partial charge in [-0.15, -0.1) is 0 Å². The van der Waals surface area contributed by atoms with Gasteiger partial charge in [-0.25, -0.2) is 4.98 Å². The lowest BCUT2D eigenvalue weighted by Crippen LogP contribution is -2.18. The zero-order chi connectivity index (χ0) is 16.6. The van der Waals surface area contributed by atoms with Gasteiger partial charge in [0.25, 0.3) is 5.56 Å². The summed E-state index contributed by atoms with van der Waals surface area (Å²) < 4.78 is 8.12. The number of aromatic amines is 1. The van der Waals surface area contributed by atoms with E-state index >= 15 is 0 Å². The van der Waals surface area contributed by atoms with Crippen LogP contribution in [-0.2, 0) is 12.2 Å². The molecule has 0 aliphatic carbocycles. The van der Waals surface area contributed by atoms with Crippen molar-refractivity contribution in [3.05, 3.63) is 64.1 Å². The predicted octanol–water partition coefficient (Wildman–Crippen LogP) is 1.95. The quantitative estimate of drug-likeness (QED) is 0.593. The van der Waals surface area contributed by atoms with Gasteiger partial charge in [-0.05, 0) is 11.6 Å². The zero-order valence-electron chi connectivity index (χ0n) is 12.8. The van der Waals surface area contributed by atoms with Crippen LogP contribution in [0.4, 0.5) is 5.95 Å². The summed E-state index contributed by atoms with van der Waals surface area (Å²) >= 11 is 2.98. The van der Waals surface area contributed by atoms with Gasteiger partial charge in [0.1, 0.15) is 0 Å². The van der Waals surface area contributed by atoms with E-state index in [2.05, 4.69) is 29.0 Å². The Morgan fingerprint density at radius 2 is 2.25 bits per heavy atom. The number of hydrogen-bond donors (Lipinski definition) is 2. The van der Waals surface area contributed by atoms with E-state index < -0.39 is 0 Å². The van der Waals surface area contributed by atoms with Crippen LogP contribution in [0.3, 0.4) is 0 Å². The molecule has 0 radical (unpaired) electrons. The van der Waals surface area contributed by atoms with Crippen LogP contribution >= 0.6 is 23.5 Å². The van der Waals surface area contributed by atoms with Gasteiger partial charge in [0.05, 0.1) is 23.6 Å². The number of hydrogen-bond acceptors (Lipinski definition) is 8. The van der Waals surface area contributed by atoms with E-state index in [0.717, 1.165) is 22.8 Å². The van der Waals surface area contributed by atoms with Crippen LogP contribution in [0.25, 0.3) is 0 Å². The van der Waals surface area contributed by atoms with Crippen LogP contribution < -0.4 is 10.9 Å². The molecule has 3 aromatic rings. The van der Waals surface area contributed by atoms with E-state index in [9.17, 15) is 4.79 Å². The van der Waals surface area contributed by atoms with Crippen LogP contribution in [0.1, 0.15) is 16.8 Å². The van der Waals surface area contributed by atoms with E-state index in [1.807, 2.05) is 12.1 Å². The first-order valence-electron chi connectivity index (χ1n) is 7.36. The number of nitrogens with one attached hydrogen (secondary N) is 2. The van der Waals surface area contributed by atoms with Crippen molar-refractivity contribution in [2.75, 3.05) is 17.6 Å². The Bertz CT molecular complexity index is 806. The van der Waals surface area contributed by atoms with Crippen LogP contribution in [-0.4, -0.2) is 36.0 Å². The van der Waals surface area contributed by atoms with E-state index in [4.69, 9.17) is 0 Å².